The van der Waals surface area contributed by atoms with Gasteiger partial charge in [0.1, 0.15) is 5.75 Å². The van der Waals surface area contributed by atoms with Gasteiger partial charge in [-0.15, -0.1) is 0 Å². The number of Topliss-reactive ketones (excluding diaryl/α,β-unsaturated/α-hetero) is 1. The first kappa shape index (κ1) is 10.2. The summed E-state index contributed by atoms with van der Waals surface area (Å²) >= 11 is 0. The largest absolute Gasteiger partial charge is 0.508 e. The quantitative estimate of drug-likeness (QED) is 0.434. The highest BCUT2D eigenvalue weighted by Crippen LogP contribution is 2.16. The number of hydrogen-bond donors (Lipinski definition) is 1. The second-order valence-electron chi connectivity index (χ2n) is 2.82. The van der Waals surface area contributed by atoms with Gasteiger partial charge in [0.2, 0.25) is 0 Å². The Bertz CT molecular complexity index is 382. The highest BCUT2D eigenvalue weighted by molar-refractivity contribution is 6.40. The number of rotatable bonds is 2. The summed E-state index contributed by atoms with van der Waals surface area (Å²) in [6.07, 6.45) is 0. The Balaban J connectivity index is 3.08. The molecule has 0 fully saturated rings. The maximum absolute atomic E-state index is 11.4. The molecule has 1 N–H and O–H groups in total. The summed E-state index contributed by atoms with van der Waals surface area (Å²) in [6, 6.07) is 4.16. The summed E-state index contributed by atoms with van der Waals surface area (Å²) in [4.78, 5) is 22.3. The second-order valence-corrected chi connectivity index (χ2v) is 2.82. The molecule has 14 heavy (non-hydrogen) atoms. The number of aryl methyl sites for hydroxylation is 1. The van der Waals surface area contributed by atoms with E-state index in [1.54, 1.807) is 6.92 Å². The van der Waals surface area contributed by atoms with Crippen LogP contribution in [0.3, 0.4) is 0 Å². The van der Waals surface area contributed by atoms with Crippen LogP contribution in [-0.4, -0.2) is 24.0 Å². The van der Waals surface area contributed by atoms with Crippen molar-refractivity contribution in [1.82, 2.24) is 0 Å². The van der Waals surface area contributed by atoms with E-state index in [9.17, 15) is 9.59 Å². The zero-order chi connectivity index (χ0) is 10.7. The summed E-state index contributed by atoms with van der Waals surface area (Å²) < 4.78 is 4.30. The molecule has 0 aromatic heterocycles. The number of hydrogen-bond acceptors (Lipinski definition) is 4. The van der Waals surface area contributed by atoms with Crippen LogP contribution in [0.5, 0.6) is 5.75 Å². The molecule has 0 amide bonds. The van der Waals surface area contributed by atoms with Gasteiger partial charge < -0.3 is 9.84 Å². The lowest BCUT2D eigenvalue weighted by atomic mass is 10.0. The molecule has 4 nitrogen and oxygen atoms in total. The Hall–Kier alpha value is -1.84. The molecule has 1 aromatic carbocycles. The first-order valence-electron chi connectivity index (χ1n) is 3.98. The monoisotopic (exact) mass is 194 g/mol. The van der Waals surface area contributed by atoms with Crippen molar-refractivity contribution in [2.45, 2.75) is 6.92 Å². The normalized spacial score (nSPS) is 9.57. The Morgan fingerprint density at radius 1 is 1.36 bits per heavy atom. The molecule has 0 aliphatic rings. The number of carbonyl (C=O) groups excluding carboxylic acids is 2. The molecule has 0 heterocycles. The van der Waals surface area contributed by atoms with Crippen LogP contribution < -0.4 is 0 Å². The van der Waals surface area contributed by atoms with Gasteiger partial charge in [-0.25, -0.2) is 4.79 Å². The fourth-order valence-electron chi connectivity index (χ4n) is 1.11. The topological polar surface area (TPSA) is 63.6 Å². The Kier molecular flexibility index (Phi) is 2.86. The minimum absolute atomic E-state index is 0.0592. The van der Waals surface area contributed by atoms with E-state index in [4.69, 9.17) is 5.11 Å². The first-order chi connectivity index (χ1) is 6.56. The third-order valence-electron chi connectivity index (χ3n) is 1.83. The second kappa shape index (κ2) is 3.91. The van der Waals surface area contributed by atoms with Crippen molar-refractivity contribution in [3.8, 4) is 5.75 Å². The van der Waals surface area contributed by atoms with Crippen molar-refractivity contribution in [2.24, 2.45) is 0 Å². The van der Waals surface area contributed by atoms with E-state index >= 15 is 0 Å². The maximum Gasteiger partial charge on any atom is 0.379 e. The molecule has 0 saturated heterocycles. The van der Waals surface area contributed by atoms with Gasteiger partial charge in [-0.1, -0.05) is 0 Å². The molecular weight excluding hydrogens is 184 g/mol. The summed E-state index contributed by atoms with van der Waals surface area (Å²) in [5.41, 5.74) is 0.787. The van der Waals surface area contributed by atoms with Gasteiger partial charge in [0.15, 0.2) is 0 Å². The average Bonchev–Trinajstić information content (AvgIpc) is 2.15. The van der Waals surface area contributed by atoms with Crippen molar-refractivity contribution in [3.05, 3.63) is 29.3 Å². The van der Waals surface area contributed by atoms with Crippen LogP contribution in [-0.2, 0) is 9.53 Å². The standard InChI is InChI=1S/C10H10O4/c1-6-5-7(11)3-4-8(6)9(12)10(13)14-2/h3-5,11H,1-2H3. The number of phenols is 1. The van der Waals surface area contributed by atoms with Crippen LogP contribution in [0.2, 0.25) is 0 Å². The predicted molar refractivity (Wildman–Crippen MR) is 49.2 cm³/mol. The lowest BCUT2D eigenvalue weighted by Crippen LogP contribution is -2.16. The summed E-state index contributed by atoms with van der Waals surface area (Å²) in [5.74, 6) is -1.55. The number of methoxy groups -OCH3 is 1. The molecule has 1 aromatic rings. The fraction of sp³-hybridized carbons (Fsp3) is 0.200. The number of esters is 1. The van der Waals surface area contributed by atoms with Crippen LogP contribution >= 0.6 is 0 Å². The minimum Gasteiger partial charge on any atom is -0.508 e. The number of ether oxygens (including phenoxy) is 1. The van der Waals surface area contributed by atoms with Gasteiger partial charge >= 0.3 is 5.97 Å². The van der Waals surface area contributed by atoms with Crippen molar-refractivity contribution < 1.29 is 19.4 Å². The number of phenolic OH excluding ortho intramolecular Hbond substituents is 1. The SMILES string of the molecule is COC(=O)C(=O)c1ccc(O)cc1C. The maximum atomic E-state index is 11.4. The molecule has 0 bridgehead atoms. The van der Waals surface area contributed by atoms with E-state index in [1.807, 2.05) is 0 Å². The molecule has 4 heteroatoms. The van der Waals surface area contributed by atoms with E-state index in [2.05, 4.69) is 4.74 Å². The number of benzene rings is 1. The highest BCUT2D eigenvalue weighted by Gasteiger charge is 2.18. The molecule has 0 spiro atoms. The van der Waals surface area contributed by atoms with Crippen molar-refractivity contribution in [1.29, 1.82) is 0 Å². The van der Waals surface area contributed by atoms with Gasteiger partial charge in [0.25, 0.3) is 5.78 Å². The number of ketones is 1. The summed E-state index contributed by atoms with van der Waals surface area (Å²) in [6.45, 7) is 1.63. The van der Waals surface area contributed by atoms with E-state index < -0.39 is 11.8 Å². The summed E-state index contributed by atoms with van der Waals surface area (Å²) in [7, 11) is 1.15. The van der Waals surface area contributed by atoms with E-state index in [1.165, 1.54) is 18.2 Å². The third-order valence-corrected chi connectivity index (χ3v) is 1.83. The number of carbonyl (C=O) groups is 2. The first-order valence-corrected chi connectivity index (χ1v) is 3.98. The highest BCUT2D eigenvalue weighted by atomic mass is 16.5. The Morgan fingerprint density at radius 3 is 2.50 bits per heavy atom. The van der Waals surface area contributed by atoms with Crippen molar-refractivity contribution in [2.75, 3.05) is 7.11 Å². The zero-order valence-corrected chi connectivity index (χ0v) is 7.90. The predicted octanol–water partition coefficient (Wildman–Crippen LogP) is 1.06. The molecule has 1 rings (SSSR count). The zero-order valence-electron chi connectivity index (χ0n) is 7.90. The summed E-state index contributed by atoms with van der Waals surface area (Å²) in [5, 5.41) is 9.09. The lowest BCUT2D eigenvalue weighted by molar-refractivity contribution is -0.135. The molecule has 0 atom stereocenters. The Morgan fingerprint density at radius 2 is 2.00 bits per heavy atom. The van der Waals surface area contributed by atoms with Crippen LogP contribution in [0, 0.1) is 6.92 Å². The van der Waals surface area contributed by atoms with E-state index in [-0.39, 0.29) is 11.3 Å². The molecule has 74 valence electrons. The van der Waals surface area contributed by atoms with Crippen LogP contribution in [0.4, 0.5) is 0 Å². The van der Waals surface area contributed by atoms with Gasteiger partial charge in [-0.05, 0) is 30.7 Å². The third kappa shape index (κ3) is 1.90. The van der Waals surface area contributed by atoms with Gasteiger partial charge in [-0.2, -0.15) is 0 Å². The van der Waals surface area contributed by atoms with E-state index in [0.717, 1.165) is 7.11 Å². The average molecular weight is 194 g/mol. The van der Waals surface area contributed by atoms with Crippen molar-refractivity contribution in [3.63, 3.8) is 0 Å². The molecule has 0 radical (unpaired) electrons. The van der Waals surface area contributed by atoms with E-state index in [0.29, 0.717) is 5.56 Å². The van der Waals surface area contributed by atoms with Crippen molar-refractivity contribution >= 4 is 11.8 Å². The number of aromatic hydroxyl groups is 1. The Labute approximate surface area is 81.1 Å². The van der Waals surface area contributed by atoms with Crippen LogP contribution in [0.15, 0.2) is 18.2 Å². The van der Waals surface area contributed by atoms with Gasteiger partial charge in [0.05, 0.1) is 7.11 Å². The minimum atomic E-state index is -0.904. The molecule has 0 unspecified atom stereocenters. The molecule has 0 saturated carbocycles. The molecule has 0 aliphatic heterocycles. The smallest absolute Gasteiger partial charge is 0.379 e. The van der Waals surface area contributed by atoms with Crippen LogP contribution in [0.25, 0.3) is 0 Å². The van der Waals surface area contributed by atoms with Gasteiger partial charge in [-0.3, -0.25) is 4.79 Å². The van der Waals surface area contributed by atoms with Gasteiger partial charge in [0, 0.05) is 5.56 Å². The molecule has 0 aliphatic carbocycles. The fourth-order valence-corrected chi connectivity index (χ4v) is 1.11. The van der Waals surface area contributed by atoms with Crippen LogP contribution in [0.1, 0.15) is 15.9 Å². The molecular formula is C10H10O4. The lowest BCUT2D eigenvalue weighted by Gasteiger charge is -2.03.